The Balaban J connectivity index is 1.81. The van der Waals surface area contributed by atoms with Gasteiger partial charge in [-0.2, -0.15) is 0 Å². The van der Waals surface area contributed by atoms with Crippen molar-refractivity contribution in [2.24, 2.45) is 0 Å². The minimum absolute atomic E-state index is 0.143. The number of benzene rings is 1. The van der Waals surface area contributed by atoms with Crippen molar-refractivity contribution in [3.8, 4) is 5.75 Å². The van der Waals surface area contributed by atoms with E-state index in [0.29, 0.717) is 0 Å². The van der Waals surface area contributed by atoms with Gasteiger partial charge in [-0.25, -0.2) is 0 Å². The number of aliphatic hydroxyl groups excluding tert-OH is 1. The molecule has 0 aliphatic carbocycles. The third kappa shape index (κ3) is 1.62. The van der Waals surface area contributed by atoms with Crippen molar-refractivity contribution >= 4 is 11.3 Å². The Hall–Kier alpha value is -1.32. The molecule has 1 aliphatic rings. The Morgan fingerprint density at radius 2 is 2.12 bits per heavy atom. The molecule has 0 saturated heterocycles. The van der Waals surface area contributed by atoms with Gasteiger partial charge in [0, 0.05) is 11.3 Å². The van der Waals surface area contributed by atoms with Crippen LogP contribution in [0.3, 0.4) is 0 Å². The summed E-state index contributed by atoms with van der Waals surface area (Å²) in [6, 6.07) is 11.9. The zero-order valence-electron chi connectivity index (χ0n) is 8.67. The fraction of sp³-hybridized carbons (Fsp3) is 0.231. The summed E-state index contributed by atoms with van der Waals surface area (Å²) in [5.74, 6) is 0.906. The van der Waals surface area contributed by atoms with E-state index in [1.165, 1.54) is 5.56 Å². The highest BCUT2D eigenvalue weighted by molar-refractivity contribution is 7.10. The number of hydrogen-bond acceptors (Lipinski definition) is 3. The number of thiophene rings is 1. The van der Waals surface area contributed by atoms with Gasteiger partial charge in [0.05, 0.1) is 0 Å². The molecular weight excluding hydrogens is 220 g/mol. The van der Waals surface area contributed by atoms with E-state index in [0.717, 1.165) is 17.0 Å². The molecule has 2 nitrogen and oxygen atoms in total. The second-order valence-corrected chi connectivity index (χ2v) is 4.91. The summed E-state index contributed by atoms with van der Waals surface area (Å²) in [6.45, 7) is 0. The van der Waals surface area contributed by atoms with E-state index >= 15 is 0 Å². The maximum absolute atomic E-state index is 10.2. The van der Waals surface area contributed by atoms with Gasteiger partial charge in [-0.15, -0.1) is 11.3 Å². The maximum Gasteiger partial charge on any atom is 0.134 e. The highest BCUT2D eigenvalue weighted by Crippen LogP contribution is 2.35. The van der Waals surface area contributed by atoms with E-state index in [2.05, 4.69) is 6.07 Å². The predicted octanol–water partition coefficient (Wildman–Crippen LogP) is 2.79. The summed E-state index contributed by atoms with van der Waals surface area (Å²) in [5, 5.41) is 12.1. The van der Waals surface area contributed by atoms with Crippen LogP contribution < -0.4 is 4.74 Å². The molecular formula is C13H12O2S. The van der Waals surface area contributed by atoms with Gasteiger partial charge in [0.2, 0.25) is 0 Å². The molecule has 0 bridgehead atoms. The van der Waals surface area contributed by atoms with Crippen molar-refractivity contribution in [2.75, 3.05) is 0 Å². The highest BCUT2D eigenvalue weighted by atomic mass is 32.1. The molecule has 1 N–H and O–H groups in total. The second kappa shape index (κ2) is 3.92. The smallest absolute Gasteiger partial charge is 0.134 e. The minimum Gasteiger partial charge on any atom is -0.487 e. The van der Waals surface area contributed by atoms with Gasteiger partial charge in [-0.05, 0) is 23.1 Å². The highest BCUT2D eigenvalue weighted by Gasteiger charge is 2.30. The molecule has 2 heterocycles. The van der Waals surface area contributed by atoms with E-state index in [1.54, 1.807) is 11.3 Å². The van der Waals surface area contributed by atoms with Crippen LogP contribution in [0, 0.1) is 0 Å². The Kier molecular flexibility index (Phi) is 2.42. The molecule has 1 aliphatic heterocycles. The standard InChI is InChI=1S/C13H12O2S/c14-13(12-6-3-7-16-12)11-8-9-4-1-2-5-10(9)15-11/h1-7,11,13-14H,8H2. The van der Waals surface area contributed by atoms with Gasteiger partial charge in [-0.1, -0.05) is 24.3 Å². The molecule has 1 aromatic carbocycles. The van der Waals surface area contributed by atoms with Crippen molar-refractivity contribution in [1.29, 1.82) is 0 Å². The third-order valence-electron chi connectivity index (χ3n) is 2.86. The lowest BCUT2D eigenvalue weighted by molar-refractivity contribution is 0.0517. The van der Waals surface area contributed by atoms with Gasteiger partial charge >= 0.3 is 0 Å². The molecule has 0 saturated carbocycles. The lowest BCUT2D eigenvalue weighted by Gasteiger charge is -2.16. The first-order valence-corrected chi connectivity index (χ1v) is 6.18. The fourth-order valence-corrected chi connectivity index (χ4v) is 2.79. The van der Waals surface area contributed by atoms with E-state index in [1.807, 2.05) is 35.7 Å². The molecule has 16 heavy (non-hydrogen) atoms. The fourth-order valence-electron chi connectivity index (χ4n) is 2.03. The molecule has 82 valence electrons. The Morgan fingerprint density at radius 3 is 2.88 bits per heavy atom. The van der Waals surface area contributed by atoms with Crippen LogP contribution in [0.25, 0.3) is 0 Å². The SMILES string of the molecule is OC(c1cccs1)C1Cc2ccccc2O1. The van der Waals surface area contributed by atoms with Crippen molar-refractivity contribution in [1.82, 2.24) is 0 Å². The molecule has 3 heteroatoms. The molecule has 0 fully saturated rings. The Bertz CT molecular complexity index is 453. The number of ether oxygens (including phenoxy) is 1. The second-order valence-electron chi connectivity index (χ2n) is 3.93. The Morgan fingerprint density at radius 1 is 1.25 bits per heavy atom. The average molecular weight is 232 g/mol. The minimum atomic E-state index is -0.521. The molecule has 2 unspecified atom stereocenters. The van der Waals surface area contributed by atoms with Crippen LogP contribution >= 0.6 is 11.3 Å². The van der Waals surface area contributed by atoms with Crippen molar-refractivity contribution in [3.05, 3.63) is 52.2 Å². The van der Waals surface area contributed by atoms with Crippen LogP contribution in [0.1, 0.15) is 16.5 Å². The van der Waals surface area contributed by atoms with Crippen molar-refractivity contribution in [2.45, 2.75) is 18.6 Å². The van der Waals surface area contributed by atoms with Gasteiger partial charge in [0.15, 0.2) is 0 Å². The predicted molar refractivity (Wildman–Crippen MR) is 63.8 cm³/mol. The van der Waals surface area contributed by atoms with E-state index in [9.17, 15) is 5.11 Å². The van der Waals surface area contributed by atoms with Crippen LogP contribution in [0.4, 0.5) is 0 Å². The number of para-hydroxylation sites is 1. The number of rotatable bonds is 2. The Labute approximate surface area is 98.1 Å². The number of aliphatic hydroxyl groups is 1. The van der Waals surface area contributed by atoms with Gasteiger partial charge < -0.3 is 9.84 Å². The summed E-state index contributed by atoms with van der Waals surface area (Å²) in [5.41, 5.74) is 1.18. The summed E-state index contributed by atoms with van der Waals surface area (Å²) < 4.78 is 5.75. The quantitative estimate of drug-likeness (QED) is 0.862. The van der Waals surface area contributed by atoms with Crippen molar-refractivity contribution in [3.63, 3.8) is 0 Å². The number of fused-ring (bicyclic) bond motifs is 1. The average Bonchev–Trinajstić information content (AvgIpc) is 2.97. The zero-order chi connectivity index (χ0) is 11.0. The summed E-state index contributed by atoms with van der Waals surface area (Å²) in [6.07, 6.45) is 0.123. The van der Waals surface area contributed by atoms with E-state index in [4.69, 9.17) is 4.74 Å². The lowest BCUT2D eigenvalue weighted by Crippen LogP contribution is -2.22. The topological polar surface area (TPSA) is 29.5 Å². The summed E-state index contributed by atoms with van der Waals surface area (Å²) in [4.78, 5) is 0.970. The van der Waals surface area contributed by atoms with Crippen LogP contribution in [0.2, 0.25) is 0 Å². The lowest BCUT2D eigenvalue weighted by atomic mass is 10.1. The van der Waals surface area contributed by atoms with Crippen LogP contribution in [-0.2, 0) is 6.42 Å². The maximum atomic E-state index is 10.2. The van der Waals surface area contributed by atoms with Crippen LogP contribution in [-0.4, -0.2) is 11.2 Å². The normalized spacial score (nSPS) is 20.2. The monoisotopic (exact) mass is 232 g/mol. The van der Waals surface area contributed by atoms with E-state index in [-0.39, 0.29) is 6.10 Å². The van der Waals surface area contributed by atoms with E-state index < -0.39 is 6.10 Å². The molecule has 1 aromatic heterocycles. The first kappa shape index (κ1) is 9.87. The van der Waals surface area contributed by atoms with Gasteiger partial charge in [-0.3, -0.25) is 0 Å². The molecule has 0 spiro atoms. The van der Waals surface area contributed by atoms with Crippen molar-refractivity contribution < 1.29 is 9.84 Å². The van der Waals surface area contributed by atoms with Gasteiger partial charge in [0.1, 0.15) is 18.0 Å². The first-order chi connectivity index (χ1) is 7.84. The van der Waals surface area contributed by atoms with Crippen LogP contribution in [0.15, 0.2) is 41.8 Å². The molecule has 3 rings (SSSR count). The molecule has 2 aromatic rings. The largest absolute Gasteiger partial charge is 0.487 e. The molecule has 0 radical (unpaired) electrons. The third-order valence-corrected chi connectivity index (χ3v) is 3.80. The molecule has 0 amide bonds. The van der Waals surface area contributed by atoms with Gasteiger partial charge in [0.25, 0.3) is 0 Å². The zero-order valence-corrected chi connectivity index (χ0v) is 9.48. The molecule has 2 atom stereocenters. The number of hydrogen-bond donors (Lipinski definition) is 1. The summed E-state index contributed by atoms with van der Waals surface area (Å²) >= 11 is 1.57. The van der Waals surface area contributed by atoms with Crippen LogP contribution in [0.5, 0.6) is 5.75 Å². The first-order valence-electron chi connectivity index (χ1n) is 5.30. The summed E-state index contributed by atoms with van der Waals surface area (Å²) in [7, 11) is 0.